The number of hydrogen-bond donors (Lipinski definition) is 1. The molecule has 1 saturated carbocycles. The van der Waals surface area contributed by atoms with Gasteiger partial charge in [-0.2, -0.15) is 0 Å². The van der Waals surface area contributed by atoms with Gasteiger partial charge in [0.05, 0.1) is 18.8 Å². The van der Waals surface area contributed by atoms with Crippen molar-refractivity contribution < 1.29 is 9.15 Å². The molecule has 1 aliphatic carbocycles. The molecular weight excluding hydrogens is 240 g/mol. The third-order valence-electron chi connectivity index (χ3n) is 4.51. The first-order valence-corrected chi connectivity index (χ1v) is 7.49. The van der Waals surface area contributed by atoms with Gasteiger partial charge >= 0.3 is 0 Å². The Hall–Kier alpha value is -0.840. The van der Waals surface area contributed by atoms with Crippen LogP contribution in [0.5, 0.6) is 0 Å². The Bertz CT molecular complexity index is 418. The van der Waals surface area contributed by atoms with E-state index in [9.17, 15) is 0 Å². The second kappa shape index (κ2) is 5.65. The quantitative estimate of drug-likeness (QED) is 0.905. The van der Waals surface area contributed by atoms with E-state index < -0.39 is 0 Å². The highest BCUT2D eigenvalue weighted by Gasteiger charge is 2.39. The van der Waals surface area contributed by atoms with E-state index in [2.05, 4.69) is 24.0 Å². The largest absolute Gasteiger partial charge is 0.464 e. The van der Waals surface area contributed by atoms with Crippen LogP contribution in [0.25, 0.3) is 0 Å². The van der Waals surface area contributed by atoms with E-state index in [0.717, 1.165) is 31.1 Å². The number of aryl methyl sites for hydroxylation is 1. The third kappa shape index (κ3) is 2.45. The van der Waals surface area contributed by atoms with Gasteiger partial charge in [0, 0.05) is 25.6 Å². The number of rotatable bonds is 4. The van der Waals surface area contributed by atoms with Crippen LogP contribution >= 0.6 is 0 Å². The predicted octanol–water partition coefficient (Wildman–Crippen LogP) is 2.10. The average molecular weight is 264 g/mol. The lowest BCUT2D eigenvalue weighted by atomic mass is 10.1. The third-order valence-corrected chi connectivity index (χ3v) is 4.51. The van der Waals surface area contributed by atoms with Crippen molar-refractivity contribution in [3.05, 3.63) is 23.7 Å². The lowest BCUT2D eigenvalue weighted by molar-refractivity contribution is -0.0738. The maximum atomic E-state index is 6.03. The first kappa shape index (κ1) is 13.2. The molecule has 0 bridgehead atoms. The van der Waals surface area contributed by atoms with E-state index in [1.165, 1.54) is 19.3 Å². The predicted molar refractivity (Wildman–Crippen MR) is 74.0 cm³/mol. The zero-order chi connectivity index (χ0) is 13.2. The molecule has 2 aliphatic rings. The zero-order valence-electron chi connectivity index (χ0n) is 11.7. The number of morpholine rings is 1. The van der Waals surface area contributed by atoms with Gasteiger partial charge in [0.15, 0.2) is 0 Å². The zero-order valence-corrected chi connectivity index (χ0v) is 11.7. The second-order valence-corrected chi connectivity index (χ2v) is 5.55. The maximum Gasteiger partial charge on any atom is 0.122 e. The molecule has 2 fully saturated rings. The van der Waals surface area contributed by atoms with E-state index in [1.54, 1.807) is 0 Å². The molecule has 3 rings (SSSR count). The Morgan fingerprint density at radius 3 is 3.05 bits per heavy atom. The van der Waals surface area contributed by atoms with Crippen LogP contribution in [0.1, 0.15) is 43.7 Å². The van der Waals surface area contributed by atoms with Crippen LogP contribution in [0, 0.1) is 0 Å². The number of hydrogen-bond acceptors (Lipinski definition) is 4. The minimum atomic E-state index is 0.204. The summed E-state index contributed by atoms with van der Waals surface area (Å²) >= 11 is 0. The number of furan rings is 1. The van der Waals surface area contributed by atoms with Crippen molar-refractivity contribution in [2.45, 2.75) is 50.8 Å². The molecule has 3 atom stereocenters. The molecule has 106 valence electrons. The highest BCUT2D eigenvalue weighted by Crippen LogP contribution is 2.35. The van der Waals surface area contributed by atoms with Gasteiger partial charge in [0.1, 0.15) is 11.5 Å². The summed E-state index contributed by atoms with van der Waals surface area (Å²) in [5.41, 5.74) is 6.03. The molecule has 1 aromatic rings. The monoisotopic (exact) mass is 264 g/mol. The van der Waals surface area contributed by atoms with Crippen LogP contribution in [0.2, 0.25) is 0 Å². The van der Waals surface area contributed by atoms with Crippen LogP contribution in [-0.2, 0) is 11.2 Å². The lowest BCUT2D eigenvalue weighted by Crippen LogP contribution is -2.51. The molecule has 1 saturated heterocycles. The molecule has 3 unspecified atom stereocenters. The van der Waals surface area contributed by atoms with Gasteiger partial charge in [0.2, 0.25) is 0 Å². The summed E-state index contributed by atoms with van der Waals surface area (Å²) in [6.45, 7) is 4.51. The Balaban J connectivity index is 1.80. The topological polar surface area (TPSA) is 51.6 Å². The Morgan fingerprint density at radius 1 is 1.42 bits per heavy atom. The van der Waals surface area contributed by atoms with Crippen LogP contribution in [-0.4, -0.2) is 36.7 Å². The molecule has 0 radical (unpaired) electrons. The Kier molecular flexibility index (Phi) is 3.91. The first-order valence-electron chi connectivity index (χ1n) is 7.49. The minimum Gasteiger partial charge on any atom is -0.464 e. The van der Waals surface area contributed by atoms with Crippen molar-refractivity contribution in [2.75, 3.05) is 19.7 Å². The fraction of sp³-hybridized carbons (Fsp3) is 0.733. The van der Waals surface area contributed by atoms with Crippen LogP contribution in [0.4, 0.5) is 0 Å². The summed E-state index contributed by atoms with van der Waals surface area (Å²) in [6, 6.07) is 4.90. The van der Waals surface area contributed by atoms with Gasteiger partial charge in [0.25, 0.3) is 0 Å². The molecule has 0 aromatic carbocycles. The van der Waals surface area contributed by atoms with Crippen LogP contribution < -0.4 is 5.73 Å². The highest BCUT2D eigenvalue weighted by atomic mass is 16.5. The molecule has 4 nitrogen and oxygen atoms in total. The molecule has 19 heavy (non-hydrogen) atoms. The SMILES string of the molecule is CCc1ccc(C(CN)N2CCOC3CCCC32)o1. The molecule has 4 heteroatoms. The standard InChI is InChI=1S/C15H24N2O2/c1-2-11-6-7-15(19-11)13(10-16)17-8-9-18-14-5-3-4-12(14)17/h6-7,12-14H,2-5,8-10,16H2,1H3. The van der Waals surface area contributed by atoms with E-state index in [4.69, 9.17) is 14.9 Å². The molecule has 2 heterocycles. The van der Waals surface area contributed by atoms with E-state index >= 15 is 0 Å². The average Bonchev–Trinajstić information content (AvgIpc) is 3.08. The van der Waals surface area contributed by atoms with Gasteiger partial charge in [-0.15, -0.1) is 0 Å². The number of ether oxygens (including phenoxy) is 1. The van der Waals surface area contributed by atoms with Crippen LogP contribution in [0.3, 0.4) is 0 Å². The summed E-state index contributed by atoms with van der Waals surface area (Å²) in [5, 5.41) is 0. The molecular formula is C15H24N2O2. The fourth-order valence-electron chi connectivity index (χ4n) is 3.52. The summed E-state index contributed by atoms with van der Waals surface area (Å²) in [4.78, 5) is 2.51. The summed E-state index contributed by atoms with van der Waals surface area (Å²) < 4.78 is 11.8. The highest BCUT2D eigenvalue weighted by molar-refractivity contribution is 5.12. The van der Waals surface area contributed by atoms with E-state index in [-0.39, 0.29) is 6.04 Å². The fourth-order valence-corrected chi connectivity index (χ4v) is 3.52. The number of nitrogens with zero attached hydrogens (tertiary/aromatic N) is 1. The van der Waals surface area contributed by atoms with Crippen molar-refractivity contribution in [3.63, 3.8) is 0 Å². The Morgan fingerprint density at radius 2 is 2.32 bits per heavy atom. The summed E-state index contributed by atoms with van der Waals surface area (Å²) in [5.74, 6) is 2.07. The van der Waals surface area contributed by atoms with E-state index in [0.29, 0.717) is 18.7 Å². The molecule has 1 aliphatic heterocycles. The van der Waals surface area contributed by atoms with Crippen molar-refractivity contribution in [2.24, 2.45) is 5.73 Å². The molecule has 1 aromatic heterocycles. The van der Waals surface area contributed by atoms with Gasteiger partial charge in [-0.1, -0.05) is 6.92 Å². The first-order chi connectivity index (χ1) is 9.33. The van der Waals surface area contributed by atoms with Crippen molar-refractivity contribution in [1.29, 1.82) is 0 Å². The maximum absolute atomic E-state index is 6.03. The summed E-state index contributed by atoms with van der Waals surface area (Å²) in [7, 11) is 0. The Labute approximate surface area is 114 Å². The van der Waals surface area contributed by atoms with E-state index in [1.807, 2.05) is 0 Å². The smallest absolute Gasteiger partial charge is 0.122 e. The lowest BCUT2D eigenvalue weighted by Gasteiger charge is -2.41. The van der Waals surface area contributed by atoms with Gasteiger partial charge in [-0.05, 0) is 31.4 Å². The molecule has 0 amide bonds. The second-order valence-electron chi connectivity index (χ2n) is 5.55. The van der Waals surface area contributed by atoms with Crippen molar-refractivity contribution in [3.8, 4) is 0 Å². The van der Waals surface area contributed by atoms with Crippen LogP contribution in [0.15, 0.2) is 16.5 Å². The molecule has 2 N–H and O–H groups in total. The van der Waals surface area contributed by atoms with Gasteiger partial charge in [-0.25, -0.2) is 0 Å². The van der Waals surface area contributed by atoms with Crippen molar-refractivity contribution >= 4 is 0 Å². The normalized spacial score (nSPS) is 29.4. The summed E-state index contributed by atoms with van der Waals surface area (Å²) in [6.07, 6.45) is 5.02. The van der Waals surface area contributed by atoms with Gasteiger partial charge < -0.3 is 14.9 Å². The number of fused-ring (bicyclic) bond motifs is 1. The minimum absolute atomic E-state index is 0.204. The van der Waals surface area contributed by atoms with Gasteiger partial charge in [-0.3, -0.25) is 4.90 Å². The number of nitrogens with two attached hydrogens (primary N) is 1. The van der Waals surface area contributed by atoms with Crippen molar-refractivity contribution in [1.82, 2.24) is 4.90 Å². The molecule has 0 spiro atoms.